The summed E-state index contributed by atoms with van der Waals surface area (Å²) >= 11 is 11.1. The first-order valence-corrected chi connectivity index (χ1v) is 4.58. The van der Waals surface area contributed by atoms with Gasteiger partial charge in [-0.2, -0.15) is 0 Å². The second-order valence-electron chi connectivity index (χ2n) is 2.45. The van der Waals surface area contributed by atoms with Gasteiger partial charge in [-0.15, -0.1) is 11.6 Å². The van der Waals surface area contributed by atoms with Crippen molar-refractivity contribution >= 4 is 23.2 Å². The number of hydrogen-bond donors (Lipinski definition) is 0. The summed E-state index contributed by atoms with van der Waals surface area (Å²) in [6.07, 6.45) is -2.71. The molecule has 1 aromatic heterocycles. The molecule has 0 aliphatic rings. The summed E-state index contributed by atoms with van der Waals surface area (Å²) < 4.78 is 29.7. The van der Waals surface area contributed by atoms with E-state index in [0.717, 1.165) is 0 Å². The van der Waals surface area contributed by atoms with E-state index in [9.17, 15) is 8.78 Å². The van der Waals surface area contributed by atoms with Crippen LogP contribution < -0.4 is 4.74 Å². The first-order chi connectivity index (χ1) is 6.60. The largest absolute Gasteiger partial charge is 0.496 e. The van der Waals surface area contributed by atoms with E-state index in [4.69, 9.17) is 27.9 Å². The zero-order valence-electron chi connectivity index (χ0n) is 7.23. The summed E-state index contributed by atoms with van der Waals surface area (Å²) in [5.74, 6) is 0.107. The van der Waals surface area contributed by atoms with Crippen molar-refractivity contribution in [3.05, 3.63) is 22.5 Å². The molecule has 0 bridgehead atoms. The minimum absolute atomic E-state index is 0.00986. The van der Waals surface area contributed by atoms with Gasteiger partial charge >= 0.3 is 0 Å². The molecule has 0 atom stereocenters. The highest BCUT2D eigenvalue weighted by molar-refractivity contribution is 6.30. The first kappa shape index (κ1) is 11.5. The molecule has 2 nitrogen and oxygen atoms in total. The van der Waals surface area contributed by atoms with E-state index in [1.807, 2.05) is 0 Å². The monoisotopic (exact) mass is 241 g/mol. The summed E-state index contributed by atoms with van der Waals surface area (Å²) in [7, 11) is 1.29. The van der Waals surface area contributed by atoms with E-state index in [-0.39, 0.29) is 16.8 Å². The van der Waals surface area contributed by atoms with Crippen LogP contribution in [0, 0.1) is 0 Å². The number of ether oxygens (including phenoxy) is 1. The van der Waals surface area contributed by atoms with Crippen LogP contribution in [0.5, 0.6) is 5.75 Å². The van der Waals surface area contributed by atoms with Gasteiger partial charge < -0.3 is 4.74 Å². The van der Waals surface area contributed by atoms with Crippen LogP contribution in [0.2, 0.25) is 5.15 Å². The van der Waals surface area contributed by atoms with Crippen LogP contribution >= 0.6 is 23.2 Å². The van der Waals surface area contributed by atoms with Gasteiger partial charge in [-0.05, 0) is 0 Å². The van der Waals surface area contributed by atoms with Crippen molar-refractivity contribution in [2.45, 2.75) is 12.3 Å². The number of aromatic nitrogens is 1. The van der Waals surface area contributed by atoms with Gasteiger partial charge in [-0.1, -0.05) is 11.6 Å². The Hall–Kier alpha value is -0.610. The van der Waals surface area contributed by atoms with E-state index in [1.165, 1.54) is 13.2 Å². The Labute approximate surface area is 89.8 Å². The van der Waals surface area contributed by atoms with Crippen molar-refractivity contribution in [1.82, 2.24) is 4.98 Å². The number of alkyl halides is 3. The smallest absolute Gasteiger partial charge is 0.270 e. The van der Waals surface area contributed by atoms with Crippen molar-refractivity contribution in [3.63, 3.8) is 0 Å². The highest BCUT2D eigenvalue weighted by atomic mass is 35.5. The number of pyridine rings is 1. The van der Waals surface area contributed by atoms with Crippen LogP contribution in [0.4, 0.5) is 8.78 Å². The Balaban J connectivity index is 3.27. The van der Waals surface area contributed by atoms with Gasteiger partial charge in [0.05, 0.1) is 24.2 Å². The predicted octanol–water partition coefficient (Wildman–Crippen LogP) is 3.42. The molecule has 6 heteroatoms. The Morgan fingerprint density at radius 1 is 1.57 bits per heavy atom. The topological polar surface area (TPSA) is 22.1 Å². The Morgan fingerprint density at radius 2 is 2.21 bits per heavy atom. The zero-order chi connectivity index (χ0) is 10.7. The second kappa shape index (κ2) is 4.75. The molecule has 0 saturated carbocycles. The molecule has 0 aliphatic carbocycles. The fourth-order valence-electron chi connectivity index (χ4n) is 0.984. The number of hydrogen-bond acceptors (Lipinski definition) is 2. The minimum atomic E-state index is -2.71. The molecular weight excluding hydrogens is 235 g/mol. The number of rotatable bonds is 3. The SMILES string of the molecule is COc1cc(CCl)nc(Cl)c1C(F)F. The van der Waals surface area contributed by atoms with Gasteiger partial charge in [-0.25, -0.2) is 13.8 Å². The molecule has 14 heavy (non-hydrogen) atoms. The third-order valence-corrected chi connectivity index (χ3v) is 2.16. The van der Waals surface area contributed by atoms with Crippen molar-refractivity contribution in [1.29, 1.82) is 0 Å². The molecule has 0 aliphatic heterocycles. The molecule has 1 heterocycles. The standard InChI is InChI=1S/C8H7Cl2F2NO/c1-14-5-2-4(3-9)13-7(10)6(5)8(11)12/h2,8H,3H2,1H3. The van der Waals surface area contributed by atoms with Crippen LogP contribution in [-0.4, -0.2) is 12.1 Å². The second-order valence-corrected chi connectivity index (χ2v) is 3.08. The van der Waals surface area contributed by atoms with Crippen molar-refractivity contribution in [2.24, 2.45) is 0 Å². The molecule has 0 spiro atoms. The Bertz CT molecular complexity index is 333. The number of nitrogens with zero attached hydrogens (tertiary/aromatic N) is 1. The summed E-state index contributed by atoms with van der Waals surface area (Å²) in [4.78, 5) is 3.69. The van der Waals surface area contributed by atoms with E-state index < -0.39 is 12.0 Å². The maximum atomic E-state index is 12.5. The summed E-state index contributed by atoms with van der Waals surface area (Å²) in [5.41, 5.74) is 0.000880. The average molecular weight is 242 g/mol. The van der Waals surface area contributed by atoms with Gasteiger partial charge in [-0.3, -0.25) is 0 Å². The predicted molar refractivity (Wildman–Crippen MR) is 50.3 cm³/mol. The van der Waals surface area contributed by atoms with E-state index >= 15 is 0 Å². The van der Waals surface area contributed by atoms with Crippen LogP contribution in [0.1, 0.15) is 17.7 Å². The summed E-state index contributed by atoms with van der Waals surface area (Å²) in [5, 5.41) is -0.269. The highest BCUT2D eigenvalue weighted by Crippen LogP contribution is 2.34. The van der Waals surface area contributed by atoms with Crippen molar-refractivity contribution in [2.75, 3.05) is 7.11 Å². The molecule has 0 saturated heterocycles. The van der Waals surface area contributed by atoms with Gasteiger partial charge in [0, 0.05) is 6.07 Å². The Kier molecular flexibility index (Phi) is 3.89. The quantitative estimate of drug-likeness (QED) is 0.598. The fraction of sp³-hybridized carbons (Fsp3) is 0.375. The maximum absolute atomic E-state index is 12.5. The molecule has 0 amide bonds. The minimum Gasteiger partial charge on any atom is -0.496 e. The molecule has 0 radical (unpaired) electrons. The van der Waals surface area contributed by atoms with Gasteiger partial charge in [0.1, 0.15) is 10.9 Å². The summed E-state index contributed by atoms with van der Waals surface area (Å²) in [6, 6.07) is 1.35. The lowest BCUT2D eigenvalue weighted by molar-refractivity contribution is 0.146. The Morgan fingerprint density at radius 3 is 2.64 bits per heavy atom. The zero-order valence-corrected chi connectivity index (χ0v) is 8.74. The lowest BCUT2D eigenvalue weighted by Gasteiger charge is -2.10. The van der Waals surface area contributed by atoms with Crippen LogP contribution in [0.3, 0.4) is 0 Å². The third kappa shape index (κ3) is 2.25. The molecule has 1 rings (SSSR count). The average Bonchev–Trinajstić information content (AvgIpc) is 2.15. The van der Waals surface area contributed by atoms with Crippen molar-refractivity contribution in [3.8, 4) is 5.75 Å². The number of methoxy groups -OCH3 is 1. The van der Waals surface area contributed by atoms with Crippen LogP contribution in [0.25, 0.3) is 0 Å². The maximum Gasteiger partial charge on any atom is 0.270 e. The lowest BCUT2D eigenvalue weighted by atomic mass is 10.2. The van der Waals surface area contributed by atoms with Gasteiger partial charge in [0.15, 0.2) is 0 Å². The molecule has 0 aromatic carbocycles. The molecule has 0 fully saturated rings. The molecular formula is C8H7Cl2F2NO. The summed E-state index contributed by atoms with van der Waals surface area (Å²) in [6.45, 7) is 0. The van der Waals surface area contributed by atoms with E-state index in [2.05, 4.69) is 4.98 Å². The molecule has 1 aromatic rings. The molecule has 0 N–H and O–H groups in total. The lowest BCUT2D eigenvalue weighted by Crippen LogP contribution is -1.98. The van der Waals surface area contributed by atoms with E-state index in [0.29, 0.717) is 5.69 Å². The van der Waals surface area contributed by atoms with Crippen LogP contribution in [0.15, 0.2) is 6.07 Å². The highest BCUT2D eigenvalue weighted by Gasteiger charge is 2.20. The molecule has 78 valence electrons. The van der Waals surface area contributed by atoms with E-state index in [1.54, 1.807) is 0 Å². The third-order valence-electron chi connectivity index (χ3n) is 1.60. The van der Waals surface area contributed by atoms with Gasteiger partial charge in [0.2, 0.25) is 0 Å². The van der Waals surface area contributed by atoms with Crippen molar-refractivity contribution < 1.29 is 13.5 Å². The van der Waals surface area contributed by atoms with Gasteiger partial charge in [0.25, 0.3) is 6.43 Å². The molecule has 0 unspecified atom stereocenters. The first-order valence-electron chi connectivity index (χ1n) is 3.67. The normalized spacial score (nSPS) is 10.7. The number of halogens is 4. The fourth-order valence-corrected chi connectivity index (χ4v) is 1.41. The van der Waals surface area contributed by atoms with Crippen LogP contribution in [-0.2, 0) is 5.88 Å².